The maximum absolute atomic E-state index is 11.0. The molecule has 0 saturated heterocycles. The summed E-state index contributed by atoms with van der Waals surface area (Å²) in [4.78, 5) is 11.0. The molecule has 0 saturated carbocycles. The predicted molar refractivity (Wildman–Crippen MR) is 78.2 cm³/mol. The fourth-order valence-electron chi connectivity index (χ4n) is 2.69. The molecule has 0 unspecified atom stereocenters. The van der Waals surface area contributed by atoms with Crippen molar-refractivity contribution in [1.29, 1.82) is 0 Å². The number of fused-ring (bicyclic) bond motifs is 2. The highest BCUT2D eigenvalue weighted by molar-refractivity contribution is 5.73. The van der Waals surface area contributed by atoms with Gasteiger partial charge in [-0.25, -0.2) is 0 Å². The standard InChI is InChI=1S/C17H16O4/c1-9-3-4-11-7-13-14(18)6-5-12(8-15(19)20)17(13)21-16(11)10(9)2/h3-6,18H,7-8H2,1-2H3,(H,19,20). The first kappa shape index (κ1) is 13.5. The molecule has 0 fully saturated rings. The number of aliphatic carboxylic acids is 1. The molecule has 0 aromatic heterocycles. The second-order valence-corrected chi connectivity index (χ2v) is 5.40. The lowest BCUT2D eigenvalue weighted by molar-refractivity contribution is -0.136. The van der Waals surface area contributed by atoms with Gasteiger partial charge in [-0.15, -0.1) is 0 Å². The third-order valence-corrected chi connectivity index (χ3v) is 3.99. The SMILES string of the molecule is Cc1ccc2c(c1C)Oc1c(CC(=O)O)ccc(O)c1C2. The first-order valence-corrected chi connectivity index (χ1v) is 6.80. The van der Waals surface area contributed by atoms with E-state index in [2.05, 4.69) is 0 Å². The maximum Gasteiger partial charge on any atom is 0.307 e. The number of hydrogen-bond acceptors (Lipinski definition) is 3. The molecule has 1 aliphatic rings. The molecule has 2 N–H and O–H groups in total. The van der Waals surface area contributed by atoms with E-state index in [9.17, 15) is 9.90 Å². The van der Waals surface area contributed by atoms with Gasteiger partial charge in [-0.3, -0.25) is 4.79 Å². The summed E-state index contributed by atoms with van der Waals surface area (Å²) in [6.07, 6.45) is 0.424. The molecular weight excluding hydrogens is 268 g/mol. The van der Waals surface area contributed by atoms with Gasteiger partial charge in [0.2, 0.25) is 0 Å². The van der Waals surface area contributed by atoms with Crippen molar-refractivity contribution < 1.29 is 19.7 Å². The Bertz CT molecular complexity index is 747. The van der Waals surface area contributed by atoms with E-state index in [0.717, 1.165) is 22.4 Å². The molecule has 0 amide bonds. The average Bonchev–Trinajstić information content (AvgIpc) is 2.45. The van der Waals surface area contributed by atoms with Crippen molar-refractivity contribution in [3.63, 3.8) is 0 Å². The monoisotopic (exact) mass is 284 g/mol. The second-order valence-electron chi connectivity index (χ2n) is 5.40. The zero-order valence-electron chi connectivity index (χ0n) is 11.9. The lowest BCUT2D eigenvalue weighted by Crippen LogP contribution is -2.10. The Morgan fingerprint density at radius 1 is 1.19 bits per heavy atom. The van der Waals surface area contributed by atoms with Crippen LogP contribution in [0.1, 0.15) is 27.8 Å². The Morgan fingerprint density at radius 2 is 1.95 bits per heavy atom. The summed E-state index contributed by atoms with van der Waals surface area (Å²) in [6, 6.07) is 7.16. The Balaban J connectivity index is 2.14. The summed E-state index contributed by atoms with van der Waals surface area (Å²) in [7, 11) is 0. The van der Waals surface area contributed by atoms with Crippen molar-refractivity contribution in [3.8, 4) is 17.2 Å². The number of aryl methyl sites for hydroxylation is 1. The van der Waals surface area contributed by atoms with Gasteiger partial charge in [-0.05, 0) is 36.6 Å². The van der Waals surface area contributed by atoms with E-state index in [0.29, 0.717) is 23.3 Å². The molecule has 0 radical (unpaired) electrons. The van der Waals surface area contributed by atoms with Crippen LogP contribution < -0.4 is 4.74 Å². The normalized spacial score (nSPS) is 12.3. The Morgan fingerprint density at radius 3 is 2.67 bits per heavy atom. The highest BCUT2D eigenvalue weighted by Crippen LogP contribution is 2.44. The molecule has 0 aliphatic carbocycles. The molecule has 4 nitrogen and oxygen atoms in total. The summed E-state index contributed by atoms with van der Waals surface area (Å²) in [5, 5.41) is 19.1. The lowest BCUT2D eigenvalue weighted by Gasteiger charge is -2.25. The van der Waals surface area contributed by atoms with Crippen molar-refractivity contribution in [2.24, 2.45) is 0 Å². The van der Waals surface area contributed by atoms with Crippen molar-refractivity contribution >= 4 is 5.97 Å². The predicted octanol–water partition coefficient (Wildman–Crippen LogP) is 3.33. The number of carboxylic acid groups (broad SMARTS) is 1. The molecule has 0 bridgehead atoms. The third-order valence-electron chi connectivity index (χ3n) is 3.99. The highest BCUT2D eigenvalue weighted by atomic mass is 16.5. The summed E-state index contributed by atoms with van der Waals surface area (Å²) in [5.41, 5.74) is 4.42. The van der Waals surface area contributed by atoms with Crippen molar-refractivity contribution in [1.82, 2.24) is 0 Å². The Kier molecular flexibility index (Phi) is 3.09. The zero-order chi connectivity index (χ0) is 15.1. The third kappa shape index (κ3) is 2.23. The number of carboxylic acids is 1. The summed E-state index contributed by atoms with van der Waals surface area (Å²) in [5.74, 6) is 0.486. The number of phenolic OH excluding ortho intramolecular Hbond substituents is 1. The largest absolute Gasteiger partial charge is 0.508 e. The number of rotatable bonds is 2. The molecule has 1 aliphatic heterocycles. The smallest absolute Gasteiger partial charge is 0.307 e. The second kappa shape index (κ2) is 4.81. The molecule has 3 rings (SSSR count). The minimum Gasteiger partial charge on any atom is -0.508 e. The molecule has 4 heteroatoms. The minimum absolute atomic E-state index is 0.122. The molecule has 2 aromatic rings. The van der Waals surface area contributed by atoms with Gasteiger partial charge in [0.15, 0.2) is 0 Å². The van der Waals surface area contributed by atoms with Crippen LogP contribution in [-0.4, -0.2) is 16.2 Å². The summed E-state index contributed by atoms with van der Waals surface area (Å²) < 4.78 is 5.98. The number of phenols is 1. The van der Waals surface area contributed by atoms with Crippen LogP contribution in [0.15, 0.2) is 24.3 Å². The van der Waals surface area contributed by atoms with Gasteiger partial charge in [0.1, 0.15) is 17.2 Å². The van der Waals surface area contributed by atoms with Crippen LogP contribution in [-0.2, 0) is 17.6 Å². The Labute approximate surface area is 122 Å². The van der Waals surface area contributed by atoms with Gasteiger partial charge >= 0.3 is 5.97 Å². The molecule has 21 heavy (non-hydrogen) atoms. The van der Waals surface area contributed by atoms with E-state index >= 15 is 0 Å². The van der Waals surface area contributed by atoms with E-state index in [1.807, 2.05) is 26.0 Å². The number of carbonyl (C=O) groups is 1. The van der Waals surface area contributed by atoms with Gasteiger partial charge < -0.3 is 14.9 Å². The van der Waals surface area contributed by atoms with Gasteiger partial charge in [0.25, 0.3) is 0 Å². The van der Waals surface area contributed by atoms with Gasteiger partial charge in [-0.2, -0.15) is 0 Å². The number of benzene rings is 2. The Hall–Kier alpha value is -2.49. The zero-order valence-corrected chi connectivity index (χ0v) is 11.9. The van der Waals surface area contributed by atoms with Gasteiger partial charge in [-0.1, -0.05) is 18.2 Å². The van der Waals surface area contributed by atoms with E-state index < -0.39 is 5.97 Å². The maximum atomic E-state index is 11.0. The molecule has 0 atom stereocenters. The first-order valence-electron chi connectivity index (χ1n) is 6.80. The molecule has 2 aromatic carbocycles. The summed E-state index contributed by atoms with van der Waals surface area (Å²) in [6.45, 7) is 3.99. The summed E-state index contributed by atoms with van der Waals surface area (Å²) >= 11 is 0. The van der Waals surface area contributed by atoms with Crippen LogP contribution in [0.3, 0.4) is 0 Å². The number of hydrogen-bond donors (Lipinski definition) is 2. The van der Waals surface area contributed by atoms with Crippen molar-refractivity contribution in [2.75, 3.05) is 0 Å². The van der Waals surface area contributed by atoms with Crippen molar-refractivity contribution in [3.05, 3.63) is 52.1 Å². The number of ether oxygens (including phenoxy) is 1. The van der Waals surface area contributed by atoms with Crippen LogP contribution >= 0.6 is 0 Å². The van der Waals surface area contributed by atoms with Crippen LogP contribution in [0.5, 0.6) is 17.2 Å². The van der Waals surface area contributed by atoms with E-state index in [1.165, 1.54) is 6.07 Å². The molecule has 108 valence electrons. The first-order chi connectivity index (χ1) is 9.97. The van der Waals surface area contributed by atoms with E-state index in [1.54, 1.807) is 6.07 Å². The van der Waals surface area contributed by atoms with Crippen LogP contribution in [0.2, 0.25) is 0 Å². The molecule has 1 heterocycles. The van der Waals surface area contributed by atoms with Crippen LogP contribution in [0, 0.1) is 13.8 Å². The van der Waals surface area contributed by atoms with Crippen LogP contribution in [0.25, 0.3) is 0 Å². The van der Waals surface area contributed by atoms with Gasteiger partial charge in [0, 0.05) is 17.5 Å². The lowest BCUT2D eigenvalue weighted by atomic mass is 9.93. The fraction of sp³-hybridized carbons (Fsp3) is 0.235. The van der Waals surface area contributed by atoms with Gasteiger partial charge in [0.05, 0.1) is 6.42 Å². The van der Waals surface area contributed by atoms with Crippen LogP contribution in [0.4, 0.5) is 0 Å². The minimum atomic E-state index is -0.918. The fourth-order valence-corrected chi connectivity index (χ4v) is 2.69. The highest BCUT2D eigenvalue weighted by Gasteiger charge is 2.25. The average molecular weight is 284 g/mol. The topological polar surface area (TPSA) is 66.8 Å². The van der Waals surface area contributed by atoms with Crippen molar-refractivity contribution in [2.45, 2.75) is 26.7 Å². The number of aromatic hydroxyl groups is 1. The quantitative estimate of drug-likeness (QED) is 0.757. The van der Waals surface area contributed by atoms with E-state index in [4.69, 9.17) is 9.84 Å². The van der Waals surface area contributed by atoms with E-state index in [-0.39, 0.29) is 12.2 Å². The molecule has 0 spiro atoms. The molecular formula is C17H16O4.